The number of carbonyl (C=O) groups excluding carboxylic acids is 2. The first kappa shape index (κ1) is 14.1. The van der Waals surface area contributed by atoms with E-state index in [1.54, 1.807) is 18.7 Å². The molecule has 106 valence electrons. The van der Waals surface area contributed by atoms with Crippen molar-refractivity contribution in [1.29, 1.82) is 0 Å². The Morgan fingerprint density at radius 1 is 1.42 bits per heavy atom. The van der Waals surface area contributed by atoms with Gasteiger partial charge in [0.1, 0.15) is 11.6 Å². The predicted molar refractivity (Wildman–Crippen MR) is 74.6 cm³/mol. The fourth-order valence-electron chi connectivity index (χ4n) is 2.98. The topological polar surface area (TPSA) is 49.4 Å². The van der Waals surface area contributed by atoms with E-state index in [1.807, 2.05) is 6.92 Å². The zero-order valence-electron chi connectivity index (χ0n) is 12.2. The summed E-state index contributed by atoms with van der Waals surface area (Å²) in [7, 11) is 0. The van der Waals surface area contributed by atoms with Crippen molar-refractivity contribution in [3.63, 3.8) is 0 Å². The Morgan fingerprint density at radius 2 is 2.16 bits per heavy atom. The molecule has 4 heteroatoms. The van der Waals surface area contributed by atoms with E-state index in [1.165, 1.54) is 12.0 Å². The average molecular weight is 264 g/mol. The van der Waals surface area contributed by atoms with Gasteiger partial charge in [-0.05, 0) is 46.0 Å². The Hall–Kier alpha value is -1.32. The maximum Gasteiger partial charge on any atom is 0.248 e. The third kappa shape index (κ3) is 2.82. The van der Waals surface area contributed by atoms with Gasteiger partial charge in [-0.2, -0.15) is 0 Å². The van der Waals surface area contributed by atoms with Gasteiger partial charge in [0.05, 0.1) is 0 Å². The van der Waals surface area contributed by atoms with Gasteiger partial charge in [-0.1, -0.05) is 18.6 Å². The highest BCUT2D eigenvalue weighted by Gasteiger charge is 2.44. The number of nitrogens with one attached hydrogen (secondary N) is 1. The van der Waals surface area contributed by atoms with Crippen molar-refractivity contribution in [2.45, 2.75) is 64.5 Å². The van der Waals surface area contributed by atoms with Crippen molar-refractivity contribution >= 4 is 11.8 Å². The van der Waals surface area contributed by atoms with Gasteiger partial charge in [0.15, 0.2) is 0 Å². The number of allylic oxidation sites excluding steroid dienone is 1. The minimum atomic E-state index is -0.771. The lowest BCUT2D eigenvalue weighted by Gasteiger charge is -2.42. The fourth-order valence-corrected chi connectivity index (χ4v) is 2.98. The number of rotatable bonds is 4. The normalized spacial score (nSPS) is 26.4. The molecule has 2 amide bonds. The second-order valence-corrected chi connectivity index (χ2v) is 6.04. The Kier molecular flexibility index (Phi) is 3.97. The highest BCUT2D eigenvalue weighted by atomic mass is 16.2. The van der Waals surface area contributed by atoms with E-state index >= 15 is 0 Å². The zero-order valence-corrected chi connectivity index (χ0v) is 12.2. The van der Waals surface area contributed by atoms with Gasteiger partial charge in [-0.3, -0.25) is 9.59 Å². The first-order valence-electron chi connectivity index (χ1n) is 7.26. The molecule has 0 aromatic carbocycles. The summed E-state index contributed by atoms with van der Waals surface area (Å²) in [6, 6.07) is -0.303. The van der Waals surface area contributed by atoms with Crippen molar-refractivity contribution in [2.75, 3.05) is 6.54 Å². The molecular formula is C15H24N2O2. The lowest BCUT2D eigenvalue weighted by Crippen LogP contribution is -2.68. The largest absolute Gasteiger partial charge is 0.340 e. The van der Waals surface area contributed by atoms with Crippen molar-refractivity contribution < 1.29 is 9.59 Å². The molecule has 1 fully saturated rings. The molecule has 1 N–H and O–H groups in total. The smallest absolute Gasteiger partial charge is 0.248 e. The molecule has 0 saturated carbocycles. The lowest BCUT2D eigenvalue weighted by atomic mass is 9.95. The summed E-state index contributed by atoms with van der Waals surface area (Å²) in [4.78, 5) is 26.3. The van der Waals surface area contributed by atoms with Crippen LogP contribution in [0.4, 0.5) is 0 Å². The fraction of sp³-hybridized carbons (Fsp3) is 0.733. The van der Waals surface area contributed by atoms with Crippen LogP contribution in [0.2, 0.25) is 0 Å². The molecule has 0 aromatic heterocycles. The second kappa shape index (κ2) is 5.35. The van der Waals surface area contributed by atoms with E-state index in [-0.39, 0.29) is 17.9 Å². The number of hydrogen-bond acceptors (Lipinski definition) is 2. The summed E-state index contributed by atoms with van der Waals surface area (Å²) < 4.78 is 0. The summed E-state index contributed by atoms with van der Waals surface area (Å²) in [6.07, 6.45) is 7.40. The quantitative estimate of drug-likeness (QED) is 0.790. The number of piperazine rings is 1. The summed E-state index contributed by atoms with van der Waals surface area (Å²) in [5.41, 5.74) is 0.665. The minimum absolute atomic E-state index is 0.0208. The number of carbonyl (C=O) groups is 2. The molecule has 1 saturated heterocycles. The van der Waals surface area contributed by atoms with E-state index in [4.69, 9.17) is 0 Å². The van der Waals surface area contributed by atoms with Gasteiger partial charge in [0.25, 0.3) is 0 Å². The Morgan fingerprint density at radius 3 is 2.74 bits per heavy atom. The van der Waals surface area contributed by atoms with Gasteiger partial charge in [0.2, 0.25) is 11.8 Å². The highest BCUT2D eigenvalue weighted by Crippen LogP contribution is 2.24. The molecule has 0 aromatic rings. The molecule has 2 rings (SSSR count). The molecule has 1 atom stereocenters. The van der Waals surface area contributed by atoms with Crippen LogP contribution in [-0.4, -0.2) is 34.8 Å². The van der Waals surface area contributed by atoms with Crippen molar-refractivity contribution in [1.82, 2.24) is 10.2 Å². The van der Waals surface area contributed by atoms with Crippen LogP contribution >= 0.6 is 0 Å². The van der Waals surface area contributed by atoms with Gasteiger partial charge in [-0.25, -0.2) is 0 Å². The standard InChI is InChI=1S/C15H24N2O2/c1-4-12-13(18)16-15(2,3)14(19)17(12)10-9-11-7-5-6-8-11/h7,12H,4-6,8-10H2,1-3H3,(H,16,18). The second-order valence-electron chi connectivity index (χ2n) is 6.04. The molecule has 0 spiro atoms. The number of amides is 2. The van der Waals surface area contributed by atoms with Gasteiger partial charge < -0.3 is 10.2 Å². The summed E-state index contributed by atoms with van der Waals surface area (Å²) in [6.45, 7) is 6.18. The van der Waals surface area contributed by atoms with Gasteiger partial charge in [-0.15, -0.1) is 0 Å². The van der Waals surface area contributed by atoms with Gasteiger partial charge >= 0.3 is 0 Å². The molecule has 1 aliphatic carbocycles. The number of hydrogen-bond donors (Lipinski definition) is 1. The van der Waals surface area contributed by atoms with Crippen molar-refractivity contribution in [3.8, 4) is 0 Å². The first-order valence-corrected chi connectivity index (χ1v) is 7.26. The van der Waals surface area contributed by atoms with E-state index < -0.39 is 5.54 Å². The molecular weight excluding hydrogens is 240 g/mol. The molecule has 0 bridgehead atoms. The molecule has 1 heterocycles. The molecule has 4 nitrogen and oxygen atoms in total. The SMILES string of the molecule is CCC1C(=O)NC(C)(C)C(=O)N1CCC1=CCCC1. The van der Waals surface area contributed by atoms with E-state index in [0.29, 0.717) is 13.0 Å². The predicted octanol–water partition coefficient (Wildman–Crippen LogP) is 2.00. The maximum atomic E-state index is 12.5. The van der Waals surface area contributed by atoms with Crippen LogP contribution < -0.4 is 5.32 Å². The summed E-state index contributed by atoms with van der Waals surface area (Å²) >= 11 is 0. The van der Waals surface area contributed by atoms with Crippen LogP contribution in [-0.2, 0) is 9.59 Å². The molecule has 1 unspecified atom stereocenters. The average Bonchev–Trinajstić information content (AvgIpc) is 2.84. The molecule has 1 aliphatic heterocycles. The third-order valence-electron chi connectivity index (χ3n) is 4.11. The highest BCUT2D eigenvalue weighted by molar-refractivity contribution is 5.99. The van der Waals surface area contributed by atoms with E-state index in [2.05, 4.69) is 11.4 Å². The van der Waals surface area contributed by atoms with Crippen LogP contribution in [0.3, 0.4) is 0 Å². The van der Waals surface area contributed by atoms with Gasteiger partial charge in [0, 0.05) is 6.54 Å². The summed E-state index contributed by atoms with van der Waals surface area (Å²) in [5, 5.41) is 2.82. The Balaban J connectivity index is 2.08. The van der Waals surface area contributed by atoms with E-state index in [9.17, 15) is 9.59 Å². The van der Waals surface area contributed by atoms with Crippen LogP contribution in [0.1, 0.15) is 52.9 Å². The van der Waals surface area contributed by atoms with E-state index in [0.717, 1.165) is 19.3 Å². The Labute approximate surface area is 115 Å². The Bertz CT molecular complexity index is 412. The molecule has 2 aliphatic rings. The zero-order chi connectivity index (χ0) is 14.0. The lowest BCUT2D eigenvalue weighted by molar-refractivity contribution is -0.153. The first-order chi connectivity index (χ1) is 8.95. The summed E-state index contributed by atoms with van der Waals surface area (Å²) in [5.74, 6) is 0.0186. The maximum absolute atomic E-state index is 12.5. The molecule has 0 radical (unpaired) electrons. The van der Waals surface area contributed by atoms with Crippen molar-refractivity contribution in [2.24, 2.45) is 0 Å². The monoisotopic (exact) mass is 264 g/mol. The molecule has 19 heavy (non-hydrogen) atoms. The van der Waals surface area contributed by atoms with Crippen LogP contribution in [0.25, 0.3) is 0 Å². The van der Waals surface area contributed by atoms with Crippen LogP contribution in [0.15, 0.2) is 11.6 Å². The number of nitrogens with zero attached hydrogens (tertiary/aromatic N) is 1. The van der Waals surface area contributed by atoms with Crippen LogP contribution in [0.5, 0.6) is 0 Å². The minimum Gasteiger partial charge on any atom is -0.340 e. The van der Waals surface area contributed by atoms with Crippen LogP contribution in [0, 0.1) is 0 Å². The third-order valence-corrected chi connectivity index (χ3v) is 4.11. The van der Waals surface area contributed by atoms with Crippen molar-refractivity contribution in [3.05, 3.63) is 11.6 Å².